The highest BCUT2D eigenvalue weighted by atomic mass is 32.1. The Hall–Kier alpha value is -0.940. The lowest BCUT2D eigenvalue weighted by Crippen LogP contribution is -2.37. The van der Waals surface area contributed by atoms with Crippen LogP contribution in [0.4, 0.5) is 0 Å². The second kappa shape index (κ2) is 6.48. The Bertz CT molecular complexity index is 432. The molecular weight excluding hydrogens is 258 g/mol. The maximum Gasteiger partial charge on any atom is 0.222 e. The van der Waals surface area contributed by atoms with Gasteiger partial charge in [0, 0.05) is 30.6 Å². The summed E-state index contributed by atoms with van der Waals surface area (Å²) in [7, 11) is 1.87. The molecule has 1 fully saturated rings. The standard InChI is InChI=1S/C14H23N3OS/c1-10-16-8-12(19-10)9-17(2)14(18)7-11-5-3-4-6-13(11)15/h8,11,13H,3-7,9,15H2,1-2H3. The SMILES string of the molecule is Cc1ncc(CN(C)C(=O)CC2CCCCC2N)s1. The van der Waals surface area contributed by atoms with Gasteiger partial charge in [0.15, 0.2) is 0 Å². The van der Waals surface area contributed by atoms with E-state index in [0.717, 1.165) is 22.7 Å². The van der Waals surface area contributed by atoms with Crippen LogP contribution >= 0.6 is 11.3 Å². The zero-order valence-electron chi connectivity index (χ0n) is 11.8. The van der Waals surface area contributed by atoms with Crippen molar-refractivity contribution >= 4 is 17.2 Å². The van der Waals surface area contributed by atoms with E-state index in [0.29, 0.717) is 18.9 Å². The first kappa shape index (κ1) is 14.5. The second-order valence-electron chi connectivity index (χ2n) is 5.51. The summed E-state index contributed by atoms with van der Waals surface area (Å²) in [6.07, 6.45) is 7.03. The topological polar surface area (TPSA) is 59.2 Å². The second-order valence-corrected chi connectivity index (χ2v) is 6.83. The van der Waals surface area contributed by atoms with Crippen LogP contribution in [0.1, 0.15) is 42.0 Å². The Morgan fingerprint density at radius 3 is 2.89 bits per heavy atom. The van der Waals surface area contributed by atoms with Gasteiger partial charge in [-0.25, -0.2) is 4.98 Å². The molecule has 0 radical (unpaired) electrons. The summed E-state index contributed by atoms with van der Waals surface area (Å²) in [5.74, 6) is 0.570. The van der Waals surface area contributed by atoms with Gasteiger partial charge in [0.2, 0.25) is 5.91 Å². The molecule has 1 aliphatic rings. The smallest absolute Gasteiger partial charge is 0.222 e. The molecule has 1 heterocycles. The maximum absolute atomic E-state index is 12.2. The van der Waals surface area contributed by atoms with E-state index in [2.05, 4.69) is 4.98 Å². The van der Waals surface area contributed by atoms with Gasteiger partial charge < -0.3 is 10.6 Å². The Labute approximate surface area is 119 Å². The first-order chi connectivity index (χ1) is 9.06. The number of carbonyl (C=O) groups is 1. The van der Waals surface area contributed by atoms with Crippen LogP contribution in [0.15, 0.2) is 6.20 Å². The van der Waals surface area contributed by atoms with Crippen molar-refractivity contribution in [1.82, 2.24) is 9.88 Å². The Kier molecular flexibility index (Phi) is 4.93. The molecule has 1 amide bonds. The van der Waals surface area contributed by atoms with E-state index in [1.54, 1.807) is 16.2 Å². The fourth-order valence-corrected chi connectivity index (χ4v) is 3.52. The van der Waals surface area contributed by atoms with Crippen molar-refractivity contribution < 1.29 is 4.79 Å². The number of aromatic nitrogens is 1. The molecule has 2 atom stereocenters. The first-order valence-corrected chi connectivity index (χ1v) is 7.78. The number of amides is 1. The van der Waals surface area contributed by atoms with Gasteiger partial charge >= 0.3 is 0 Å². The highest BCUT2D eigenvalue weighted by Gasteiger charge is 2.25. The molecule has 2 rings (SSSR count). The summed E-state index contributed by atoms with van der Waals surface area (Å²) in [5, 5.41) is 1.05. The molecule has 1 aromatic heterocycles. The van der Waals surface area contributed by atoms with Crippen molar-refractivity contribution in [3.63, 3.8) is 0 Å². The van der Waals surface area contributed by atoms with Gasteiger partial charge in [0.1, 0.15) is 0 Å². The highest BCUT2D eigenvalue weighted by molar-refractivity contribution is 7.11. The van der Waals surface area contributed by atoms with Crippen LogP contribution in [0.3, 0.4) is 0 Å². The number of thiazole rings is 1. The molecule has 19 heavy (non-hydrogen) atoms. The molecule has 1 aromatic rings. The third-order valence-corrected chi connectivity index (χ3v) is 4.79. The first-order valence-electron chi connectivity index (χ1n) is 6.97. The van der Waals surface area contributed by atoms with Gasteiger partial charge in [-0.15, -0.1) is 11.3 Å². The molecule has 106 valence electrons. The van der Waals surface area contributed by atoms with Crippen LogP contribution in [-0.2, 0) is 11.3 Å². The molecule has 1 aliphatic carbocycles. The van der Waals surface area contributed by atoms with E-state index in [4.69, 9.17) is 5.73 Å². The minimum Gasteiger partial charge on any atom is -0.341 e. The summed E-state index contributed by atoms with van der Waals surface area (Å²) in [6.45, 7) is 2.64. The summed E-state index contributed by atoms with van der Waals surface area (Å²) >= 11 is 1.65. The number of carbonyl (C=O) groups excluding carboxylic acids is 1. The van der Waals surface area contributed by atoms with Crippen LogP contribution < -0.4 is 5.73 Å². The number of nitrogens with zero attached hydrogens (tertiary/aromatic N) is 2. The number of nitrogens with two attached hydrogens (primary N) is 1. The lowest BCUT2D eigenvalue weighted by Gasteiger charge is -2.29. The van der Waals surface area contributed by atoms with Crippen LogP contribution in [0.25, 0.3) is 0 Å². The van der Waals surface area contributed by atoms with E-state index in [1.165, 1.54) is 12.8 Å². The lowest BCUT2D eigenvalue weighted by atomic mass is 9.83. The summed E-state index contributed by atoms with van der Waals surface area (Å²) < 4.78 is 0. The molecule has 2 unspecified atom stereocenters. The Morgan fingerprint density at radius 2 is 2.26 bits per heavy atom. The quantitative estimate of drug-likeness (QED) is 0.921. The maximum atomic E-state index is 12.2. The zero-order chi connectivity index (χ0) is 13.8. The highest BCUT2D eigenvalue weighted by Crippen LogP contribution is 2.26. The Morgan fingerprint density at radius 1 is 1.53 bits per heavy atom. The number of aryl methyl sites for hydroxylation is 1. The van der Waals surface area contributed by atoms with Crippen LogP contribution in [0, 0.1) is 12.8 Å². The average molecular weight is 281 g/mol. The van der Waals surface area contributed by atoms with E-state index < -0.39 is 0 Å². The van der Waals surface area contributed by atoms with Gasteiger partial charge in [-0.05, 0) is 25.7 Å². The average Bonchev–Trinajstić information content (AvgIpc) is 2.77. The van der Waals surface area contributed by atoms with Gasteiger partial charge in [0.25, 0.3) is 0 Å². The predicted molar refractivity (Wildman–Crippen MR) is 77.9 cm³/mol. The number of hydrogen-bond donors (Lipinski definition) is 1. The third kappa shape index (κ3) is 4.01. The number of rotatable bonds is 4. The molecule has 0 aliphatic heterocycles. The minimum atomic E-state index is 0.202. The molecule has 4 nitrogen and oxygen atoms in total. The van der Waals surface area contributed by atoms with Crippen molar-refractivity contribution in [2.24, 2.45) is 11.7 Å². The van der Waals surface area contributed by atoms with E-state index in [1.807, 2.05) is 20.2 Å². The lowest BCUT2D eigenvalue weighted by molar-refractivity contribution is -0.131. The molecule has 0 saturated heterocycles. The predicted octanol–water partition coefficient (Wildman–Crippen LogP) is 2.32. The van der Waals surface area contributed by atoms with Gasteiger partial charge in [-0.2, -0.15) is 0 Å². The molecule has 2 N–H and O–H groups in total. The largest absolute Gasteiger partial charge is 0.341 e. The van der Waals surface area contributed by atoms with Crippen molar-refractivity contribution in [2.75, 3.05) is 7.05 Å². The van der Waals surface area contributed by atoms with Crippen molar-refractivity contribution in [3.8, 4) is 0 Å². The van der Waals surface area contributed by atoms with Crippen molar-refractivity contribution in [2.45, 2.75) is 51.6 Å². The monoisotopic (exact) mass is 281 g/mol. The fourth-order valence-electron chi connectivity index (χ4n) is 2.67. The van der Waals surface area contributed by atoms with Gasteiger partial charge in [-0.3, -0.25) is 4.79 Å². The van der Waals surface area contributed by atoms with Crippen LogP contribution in [0.5, 0.6) is 0 Å². The minimum absolute atomic E-state index is 0.202. The zero-order valence-corrected chi connectivity index (χ0v) is 12.6. The molecule has 0 spiro atoms. The van der Waals surface area contributed by atoms with E-state index in [-0.39, 0.29) is 11.9 Å². The van der Waals surface area contributed by atoms with Crippen LogP contribution in [0.2, 0.25) is 0 Å². The molecule has 0 aromatic carbocycles. The normalized spacial score (nSPS) is 23.3. The Balaban J connectivity index is 1.85. The van der Waals surface area contributed by atoms with Gasteiger partial charge in [-0.1, -0.05) is 12.8 Å². The fraction of sp³-hybridized carbons (Fsp3) is 0.714. The van der Waals surface area contributed by atoms with Crippen molar-refractivity contribution in [3.05, 3.63) is 16.1 Å². The summed E-state index contributed by atoms with van der Waals surface area (Å²) in [6, 6.07) is 0.205. The van der Waals surface area contributed by atoms with Crippen molar-refractivity contribution in [1.29, 1.82) is 0 Å². The number of hydrogen-bond acceptors (Lipinski definition) is 4. The molecular formula is C14H23N3OS. The summed E-state index contributed by atoms with van der Waals surface area (Å²) in [5.41, 5.74) is 6.10. The molecule has 1 saturated carbocycles. The van der Waals surface area contributed by atoms with E-state index in [9.17, 15) is 4.79 Å². The van der Waals surface area contributed by atoms with Crippen LogP contribution in [-0.4, -0.2) is 28.9 Å². The molecule has 5 heteroatoms. The van der Waals surface area contributed by atoms with E-state index >= 15 is 0 Å². The third-order valence-electron chi connectivity index (χ3n) is 3.89. The summed E-state index contributed by atoms with van der Waals surface area (Å²) in [4.78, 5) is 19.4. The van der Waals surface area contributed by atoms with Gasteiger partial charge in [0.05, 0.1) is 11.6 Å². The molecule has 0 bridgehead atoms.